The van der Waals surface area contributed by atoms with E-state index in [0.717, 1.165) is 30.0 Å². The van der Waals surface area contributed by atoms with E-state index in [0.29, 0.717) is 10.0 Å². The predicted molar refractivity (Wildman–Crippen MR) is 86.4 cm³/mol. The summed E-state index contributed by atoms with van der Waals surface area (Å²) in [5.74, 6) is 0.788. The number of ether oxygens (including phenoxy) is 1. The Hall–Kier alpha value is -1.23. The molecule has 1 atom stereocenters. The lowest BCUT2D eigenvalue weighted by molar-refractivity contribution is 0.394. The molecule has 0 spiro atoms. The zero-order valence-electron chi connectivity index (χ0n) is 12.4. The number of likely N-dealkylation sites (N-methyl/N-ethyl adjacent to an activating group) is 1. The van der Waals surface area contributed by atoms with Crippen LogP contribution in [0.1, 0.15) is 24.2 Å². The van der Waals surface area contributed by atoms with Crippen molar-refractivity contribution in [3.8, 4) is 5.75 Å². The van der Waals surface area contributed by atoms with Gasteiger partial charge in [-0.15, -0.1) is 0 Å². The number of hydrogen-bond donors (Lipinski definition) is 1. The zero-order valence-corrected chi connectivity index (χ0v) is 13.9. The number of rotatable bonds is 6. The fourth-order valence-corrected chi connectivity index (χ4v) is 2.70. The first kappa shape index (κ1) is 16.1. The first-order valence-corrected chi connectivity index (χ1v) is 7.57. The molecular weight excluding hydrogens is 309 g/mol. The number of nitrogens with one attached hydrogen (secondary N) is 1. The molecule has 0 aliphatic rings. The smallest absolute Gasteiger partial charge is 0.161 e. The molecule has 1 aromatic heterocycles. The van der Waals surface area contributed by atoms with Crippen LogP contribution < -0.4 is 10.1 Å². The van der Waals surface area contributed by atoms with Crippen LogP contribution in [0.3, 0.4) is 0 Å². The van der Waals surface area contributed by atoms with E-state index in [1.54, 1.807) is 13.3 Å². The molecule has 0 amide bonds. The minimum atomic E-state index is 0.0830. The summed E-state index contributed by atoms with van der Waals surface area (Å²) in [6, 6.07) is 5.78. The van der Waals surface area contributed by atoms with E-state index in [1.807, 2.05) is 29.9 Å². The van der Waals surface area contributed by atoms with Crippen molar-refractivity contribution < 1.29 is 4.74 Å². The van der Waals surface area contributed by atoms with Gasteiger partial charge in [-0.25, -0.2) is 0 Å². The van der Waals surface area contributed by atoms with Crippen LogP contribution in [0, 0.1) is 0 Å². The van der Waals surface area contributed by atoms with Crippen LogP contribution in [0.15, 0.2) is 24.4 Å². The van der Waals surface area contributed by atoms with Gasteiger partial charge in [-0.05, 0) is 38.1 Å². The minimum absolute atomic E-state index is 0.0830. The van der Waals surface area contributed by atoms with E-state index < -0.39 is 0 Å². The predicted octanol–water partition coefficient (Wildman–Crippen LogP) is 3.72. The highest BCUT2D eigenvalue weighted by atomic mass is 35.5. The topological polar surface area (TPSA) is 39.1 Å². The van der Waals surface area contributed by atoms with Crippen LogP contribution >= 0.6 is 23.2 Å². The standard InChI is InChI=1S/C15H19Cl2N3O/c1-4-20-15(14(21-3)9-19-20)13(18-2)8-10-5-6-11(16)12(17)7-10/h5-7,9,13,18H,4,8H2,1-3H3. The van der Waals surface area contributed by atoms with Gasteiger partial charge in [0.05, 0.1) is 35.1 Å². The number of nitrogens with zero attached hydrogens (tertiary/aromatic N) is 2. The Labute approximate surface area is 135 Å². The van der Waals surface area contributed by atoms with Crippen molar-refractivity contribution in [1.29, 1.82) is 0 Å². The summed E-state index contributed by atoms with van der Waals surface area (Å²) in [7, 11) is 3.58. The second-order valence-corrected chi connectivity index (χ2v) is 5.52. The molecule has 0 radical (unpaired) electrons. The molecule has 1 N–H and O–H groups in total. The number of methoxy groups -OCH3 is 1. The number of aromatic nitrogens is 2. The largest absolute Gasteiger partial charge is 0.493 e. The third-order valence-electron chi connectivity index (χ3n) is 3.47. The molecule has 6 heteroatoms. The van der Waals surface area contributed by atoms with Crippen LogP contribution in [-0.4, -0.2) is 23.9 Å². The lowest BCUT2D eigenvalue weighted by atomic mass is 10.0. The molecule has 0 saturated heterocycles. The molecule has 0 bridgehead atoms. The van der Waals surface area contributed by atoms with Crippen LogP contribution in [0.2, 0.25) is 10.0 Å². The summed E-state index contributed by atoms with van der Waals surface area (Å²) >= 11 is 12.1. The van der Waals surface area contributed by atoms with E-state index in [4.69, 9.17) is 27.9 Å². The second kappa shape index (κ2) is 7.16. The molecule has 4 nitrogen and oxygen atoms in total. The van der Waals surface area contributed by atoms with Gasteiger partial charge >= 0.3 is 0 Å². The SMILES string of the molecule is CCn1ncc(OC)c1C(Cc1ccc(Cl)c(Cl)c1)NC. The number of halogens is 2. The van der Waals surface area contributed by atoms with Crippen molar-refractivity contribution in [1.82, 2.24) is 15.1 Å². The summed E-state index contributed by atoms with van der Waals surface area (Å²) in [5, 5.41) is 8.81. The van der Waals surface area contributed by atoms with Gasteiger partial charge in [0, 0.05) is 6.54 Å². The number of benzene rings is 1. The quantitative estimate of drug-likeness (QED) is 0.878. The minimum Gasteiger partial charge on any atom is -0.493 e. The second-order valence-electron chi connectivity index (χ2n) is 4.71. The highest BCUT2D eigenvalue weighted by Gasteiger charge is 2.20. The molecular formula is C15H19Cl2N3O. The van der Waals surface area contributed by atoms with Crippen molar-refractivity contribution in [3.05, 3.63) is 45.7 Å². The zero-order chi connectivity index (χ0) is 15.4. The Morgan fingerprint density at radius 2 is 2.10 bits per heavy atom. The van der Waals surface area contributed by atoms with Gasteiger partial charge in [-0.1, -0.05) is 29.3 Å². The van der Waals surface area contributed by atoms with E-state index >= 15 is 0 Å². The first-order valence-electron chi connectivity index (χ1n) is 6.81. The summed E-state index contributed by atoms with van der Waals surface area (Å²) < 4.78 is 7.36. The Kier molecular flexibility index (Phi) is 5.51. The molecule has 1 heterocycles. The fraction of sp³-hybridized carbons (Fsp3) is 0.400. The number of hydrogen-bond acceptors (Lipinski definition) is 3. The molecule has 0 aliphatic heterocycles. The first-order chi connectivity index (χ1) is 10.1. The Morgan fingerprint density at radius 1 is 1.33 bits per heavy atom. The highest BCUT2D eigenvalue weighted by molar-refractivity contribution is 6.42. The van der Waals surface area contributed by atoms with Gasteiger partial charge in [0.1, 0.15) is 0 Å². The van der Waals surface area contributed by atoms with Gasteiger partial charge in [-0.2, -0.15) is 5.10 Å². The average Bonchev–Trinajstić information content (AvgIpc) is 2.91. The van der Waals surface area contributed by atoms with E-state index in [2.05, 4.69) is 17.3 Å². The molecule has 1 aromatic carbocycles. The summed E-state index contributed by atoms with van der Waals surface area (Å²) in [5.41, 5.74) is 2.14. The van der Waals surface area contributed by atoms with E-state index in [9.17, 15) is 0 Å². The lowest BCUT2D eigenvalue weighted by Crippen LogP contribution is -2.23. The fourth-order valence-electron chi connectivity index (χ4n) is 2.38. The van der Waals surface area contributed by atoms with Gasteiger partial charge in [0.2, 0.25) is 0 Å². The molecule has 21 heavy (non-hydrogen) atoms. The third kappa shape index (κ3) is 3.51. The average molecular weight is 328 g/mol. The summed E-state index contributed by atoms with van der Waals surface area (Å²) in [6.45, 7) is 2.85. The summed E-state index contributed by atoms with van der Waals surface area (Å²) in [6.07, 6.45) is 2.52. The Morgan fingerprint density at radius 3 is 2.67 bits per heavy atom. The number of aryl methyl sites for hydroxylation is 1. The van der Waals surface area contributed by atoms with Crippen LogP contribution in [0.5, 0.6) is 5.75 Å². The highest BCUT2D eigenvalue weighted by Crippen LogP contribution is 2.29. The van der Waals surface area contributed by atoms with E-state index in [-0.39, 0.29) is 6.04 Å². The molecule has 0 fully saturated rings. The van der Waals surface area contributed by atoms with Crippen molar-refractivity contribution in [2.24, 2.45) is 0 Å². The monoisotopic (exact) mass is 327 g/mol. The van der Waals surface area contributed by atoms with Crippen molar-refractivity contribution in [3.63, 3.8) is 0 Å². The van der Waals surface area contributed by atoms with Crippen LogP contribution in [0.4, 0.5) is 0 Å². The molecule has 1 unspecified atom stereocenters. The molecule has 2 rings (SSSR count). The molecule has 0 saturated carbocycles. The van der Waals surface area contributed by atoms with Gasteiger partial charge in [0.25, 0.3) is 0 Å². The lowest BCUT2D eigenvalue weighted by Gasteiger charge is -2.19. The Balaban J connectivity index is 2.31. The van der Waals surface area contributed by atoms with Crippen LogP contribution in [-0.2, 0) is 13.0 Å². The Bertz CT molecular complexity index is 591. The van der Waals surface area contributed by atoms with Crippen molar-refractivity contribution >= 4 is 23.2 Å². The molecule has 0 aliphatic carbocycles. The van der Waals surface area contributed by atoms with Gasteiger partial charge in [0.15, 0.2) is 5.75 Å². The normalized spacial score (nSPS) is 12.4. The maximum Gasteiger partial charge on any atom is 0.161 e. The van der Waals surface area contributed by atoms with Crippen molar-refractivity contribution in [2.75, 3.05) is 14.2 Å². The van der Waals surface area contributed by atoms with E-state index in [1.165, 1.54) is 0 Å². The van der Waals surface area contributed by atoms with Crippen molar-refractivity contribution in [2.45, 2.75) is 25.9 Å². The molecule has 2 aromatic rings. The summed E-state index contributed by atoms with van der Waals surface area (Å²) in [4.78, 5) is 0. The molecule has 114 valence electrons. The third-order valence-corrected chi connectivity index (χ3v) is 4.21. The van der Waals surface area contributed by atoms with Gasteiger partial charge in [-0.3, -0.25) is 4.68 Å². The van der Waals surface area contributed by atoms with Gasteiger partial charge < -0.3 is 10.1 Å². The maximum atomic E-state index is 6.09. The van der Waals surface area contributed by atoms with Crippen LogP contribution in [0.25, 0.3) is 0 Å². The maximum absolute atomic E-state index is 6.09.